The fourth-order valence-electron chi connectivity index (χ4n) is 2.22. The molecular formula is C19H19N3O5. The SMILES string of the molecule is CCOC(=O)C(Oc1nc(-c2ccccc2)nc(C)c1C#N)C(=O)OCC. The lowest BCUT2D eigenvalue weighted by Gasteiger charge is -2.17. The molecule has 0 atom stereocenters. The van der Waals surface area contributed by atoms with Crippen LogP contribution in [0.5, 0.6) is 5.88 Å². The number of ether oxygens (including phenoxy) is 3. The second kappa shape index (κ2) is 9.29. The Kier molecular flexibility index (Phi) is 6.83. The maximum atomic E-state index is 12.1. The van der Waals surface area contributed by atoms with Gasteiger partial charge in [0.05, 0.1) is 18.9 Å². The van der Waals surface area contributed by atoms with Crippen molar-refractivity contribution in [2.45, 2.75) is 26.9 Å². The van der Waals surface area contributed by atoms with E-state index < -0.39 is 18.0 Å². The number of aryl methyl sites for hydroxylation is 1. The summed E-state index contributed by atoms with van der Waals surface area (Å²) in [4.78, 5) is 32.8. The van der Waals surface area contributed by atoms with Gasteiger partial charge in [-0.15, -0.1) is 0 Å². The van der Waals surface area contributed by atoms with Gasteiger partial charge in [-0.25, -0.2) is 14.6 Å². The lowest BCUT2D eigenvalue weighted by molar-refractivity contribution is -0.166. The van der Waals surface area contributed by atoms with E-state index in [1.165, 1.54) is 0 Å². The van der Waals surface area contributed by atoms with E-state index in [2.05, 4.69) is 9.97 Å². The van der Waals surface area contributed by atoms with Crippen molar-refractivity contribution in [1.29, 1.82) is 5.26 Å². The molecule has 0 saturated heterocycles. The van der Waals surface area contributed by atoms with Gasteiger partial charge >= 0.3 is 11.9 Å². The molecule has 0 saturated carbocycles. The fourth-order valence-corrected chi connectivity index (χ4v) is 2.22. The summed E-state index contributed by atoms with van der Waals surface area (Å²) in [6.45, 7) is 4.93. The summed E-state index contributed by atoms with van der Waals surface area (Å²) >= 11 is 0. The number of aromatic nitrogens is 2. The van der Waals surface area contributed by atoms with Crippen molar-refractivity contribution in [3.8, 4) is 23.3 Å². The van der Waals surface area contributed by atoms with Crippen molar-refractivity contribution in [2.75, 3.05) is 13.2 Å². The first-order valence-electron chi connectivity index (χ1n) is 8.35. The normalized spacial score (nSPS) is 10.2. The number of benzene rings is 1. The summed E-state index contributed by atoms with van der Waals surface area (Å²) in [5.74, 6) is -1.72. The average Bonchev–Trinajstić information content (AvgIpc) is 2.66. The minimum absolute atomic E-state index is 0.0216. The molecule has 140 valence electrons. The largest absolute Gasteiger partial charge is 0.463 e. The van der Waals surface area contributed by atoms with E-state index in [9.17, 15) is 14.9 Å². The Hall–Kier alpha value is -3.47. The van der Waals surface area contributed by atoms with Crippen molar-refractivity contribution in [2.24, 2.45) is 0 Å². The first-order chi connectivity index (χ1) is 13.0. The van der Waals surface area contributed by atoms with Gasteiger partial charge in [0.2, 0.25) is 5.88 Å². The van der Waals surface area contributed by atoms with Crippen LogP contribution in [-0.2, 0) is 19.1 Å². The van der Waals surface area contributed by atoms with Crippen molar-refractivity contribution < 1.29 is 23.8 Å². The minimum Gasteiger partial charge on any atom is -0.463 e. The van der Waals surface area contributed by atoms with Gasteiger partial charge in [0, 0.05) is 5.56 Å². The summed E-state index contributed by atoms with van der Waals surface area (Å²) in [5.41, 5.74) is 1.07. The molecule has 0 N–H and O–H groups in total. The average molecular weight is 369 g/mol. The highest BCUT2D eigenvalue weighted by Crippen LogP contribution is 2.24. The van der Waals surface area contributed by atoms with Gasteiger partial charge in [-0.3, -0.25) is 0 Å². The van der Waals surface area contributed by atoms with Gasteiger partial charge in [0.15, 0.2) is 5.82 Å². The smallest absolute Gasteiger partial charge is 0.359 e. The zero-order chi connectivity index (χ0) is 19.8. The van der Waals surface area contributed by atoms with Crippen molar-refractivity contribution in [3.05, 3.63) is 41.6 Å². The zero-order valence-corrected chi connectivity index (χ0v) is 15.3. The maximum Gasteiger partial charge on any atom is 0.359 e. The Morgan fingerprint density at radius 2 is 1.67 bits per heavy atom. The van der Waals surface area contributed by atoms with Crippen LogP contribution < -0.4 is 4.74 Å². The Labute approximate surface area is 156 Å². The van der Waals surface area contributed by atoms with E-state index in [0.717, 1.165) is 0 Å². The molecule has 0 aliphatic carbocycles. The molecule has 0 fully saturated rings. The van der Waals surface area contributed by atoms with Crippen molar-refractivity contribution in [3.63, 3.8) is 0 Å². The summed E-state index contributed by atoms with van der Waals surface area (Å²) in [6.07, 6.45) is -1.69. The molecule has 0 aliphatic heterocycles. The van der Waals surface area contributed by atoms with Crippen LogP contribution in [0.1, 0.15) is 25.1 Å². The molecular weight excluding hydrogens is 350 g/mol. The molecule has 0 unspecified atom stereocenters. The zero-order valence-electron chi connectivity index (χ0n) is 15.3. The van der Waals surface area contributed by atoms with E-state index >= 15 is 0 Å². The Bertz CT molecular complexity index is 844. The number of esters is 2. The number of hydrogen-bond acceptors (Lipinski definition) is 8. The van der Waals surface area contributed by atoms with Gasteiger partial charge in [-0.1, -0.05) is 30.3 Å². The topological polar surface area (TPSA) is 111 Å². The lowest BCUT2D eigenvalue weighted by Crippen LogP contribution is -2.39. The highest BCUT2D eigenvalue weighted by atomic mass is 16.6. The molecule has 0 amide bonds. The lowest BCUT2D eigenvalue weighted by atomic mass is 10.2. The minimum atomic E-state index is -1.69. The summed E-state index contributed by atoms with van der Waals surface area (Å²) < 4.78 is 15.2. The van der Waals surface area contributed by atoms with Crippen molar-refractivity contribution >= 4 is 11.9 Å². The van der Waals surface area contributed by atoms with E-state index in [4.69, 9.17) is 14.2 Å². The van der Waals surface area contributed by atoms with Crippen LogP contribution in [0, 0.1) is 18.3 Å². The molecule has 1 aromatic heterocycles. The maximum absolute atomic E-state index is 12.1. The van der Waals surface area contributed by atoms with Crippen LogP contribution in [0.2, 0.25) is 0 Å². The second-order valence-corrected chi connectivity index (χ2v) is 5.29. The quantitative estimate of drug-likeness (QED) is 0.539. The van der Waals surface area contributed by atoms with Crippen LogP contribution in [0.3, 0.4) is 0 Å². The second-order valence-electron chi connectivity index (χ2n) is 5.29. The van der Waals surface area contributed by atoms with Crippen LogP contribution in [0.15, 0.2) is 30.3 Å². The first kappa shape index (κ1) is 19.8. The Morgan fingerprint density at radius 3 is 2.19 bits per heavy atom. The summed E-state index contributed by atoms with van der Waals surface area (Å²) in [5, 5.41) is 9.42. The predicted octanol–water partition coefficient (Wildman–Crippen LogP) is 2.20. The number of carbonyl (C=O) groups excluding carboxylic acids is 2. The van der Waals surface area contributed by atoms with Crippen LogP contribution in [0.25, 0.3) is 11.4 Å². The molecule has 8 heteroatoms. The molecule has 0 spiro atoms. The number of carbonyl (C=O) groups is 2. The molecule has 1 aromatic carbocycles. The molecule has 27 heavy (non-hydrogen) atoms. The summed E-state index contributed by atoms with van der Waals surface area (Å²) in [7, 11) is 0. The molecule has 8 nitrogen and oxygen atoms in total. The molecule has 0 aliphatic rings. The van der Waals surface area contributed by atoms with Gasteiger partial charge in [0.1, 0.15) is 11.6 Å². The number of nitrogens with zero attached hydrogens (tertiary/aromatic N) is 3. The molecule has 2 aromatic rings. The summed E-state index contributed by atoms with van der Waals surface area (Å²) in [6, 6.07) is 11.0. The first-order valence-corrected chi connectivity index (χ1v) is 8.35. The molecule has 1 heterocycles. The van der Waals surface area contributed by atoms with Gasteiger partial charge in [-0.05, 0) is 20.8 Å². The standard InChI is InChI=1S/C19H19N3O5/c1-4-25-18(23)15(19(24)26-5-2)27-17-14(11-20)12(3)21-16(22-17)13-9-7-6-8-10-13/h6-10,15H,4-5H2,1-3H3. The van der Waals surface area contributed by atoms with Gasteiger partial charge in [0.25, 0.3) is 6.10 Å². The third-order valence-electron chi connectivity index (χ3n) is 3.43. The third-order valence-corrected chi connectivity index (χ3v) is 3.43. The van der Waals surface area contributed by atoms with Crippen LogP contribution in [-0.4, -0.2) is 41.2 Å². The highest BCUT2D eigenvalue weighted by molar-refractivity contribution is 5.98. The van der Waals surface area contributed by atoms with E-state index in [0.29, 0.717) is 17.1 Å². The fraction of sp³-hybridized carbons (Fsp3) is 0.316. The number of nitriles is 1. The number of hydrogen-bond donors (Lipinski definition) is 0. The molecule has 0 bridgehead atoms. The van der Waals surface area contributed by atoms with Crippen LogP contribution >= 0.6 is 0 Å². The van der Waals surface area contributed by atoms with Crippen LogP contribution in [0.4, 0.5) is 0 Å². The Balaban J connectivity index is 2.47. The van der Waals surface area contributed by atoms with Gasteiger partial charge < -0.3 is 14.2 Å². The van der Waals surface area contributed by atoms with E-state index in [-0.39, 0.29) is 24.7 Å². The molecule has 0 radical (unpaired) electrons. The predicted molar refractivity (Wildman–Crippen MR) is 94.6 cm³/mol. The number of rotatable bonds is 7. The highest BCUT2D eigenvalue weighted by Gasteiger charge is 2.33. The van der Waals surface area contributed by atoms with E-state index in [1.807, 2.05) is 24.3 Å². The molecule has 2 rings (SSSR count). The Morgan fingerprint density at radius 1 is 1.07 bits per heavy atom. The monoisotopic (exact) mass is 369 g/mol. The van der Waals surface area contributed by atoms with Gasteiger partial charge in [-0.2, -0.15) is 10.2 Å². The third kappa shape index (κ3) is 4.79. The van der Waals surface area contributed by atoms with Crippen molar-refractivity contribution in [1.82, 2.24) is 9.97 Å². The van der Waals surface area contributed by atoms with E-state index in [1.54, 1.807) is 32.9 Å².